The smallest absolute Gasteiger partial charge is 0.251 e. The minimum atomic E-state index is -1.61. The number of ketones is 1. The molecule has 107 heavy (non-hydrogen) atoms. The number of ether oxygens (including phenoxy) is 11. The molecule has 3 amide bonds. The van der Waals surface area contributed by atoms with Gasteiger partial charge in [-0.2, -0.15) is 0 Å². The second-order valence-corrected chi connectivity index (χ2v) is 32.0. The van der Waals surface area contributed by atoms with Gasteiger partial charge < -0.3 is 118 Å². The van der Waals surface area contributed by atoms with Gasteiger partial charge in [-0.1, -0.05) is 101 Å². The summed E-state index contributed by atoms with van der Waals surface area (Å²) < 4.78 is 73.4. The van der Waals surface area contributed by atoms with E-state index in [0.29, 0.717) is 88.9 Å². The number of nitrogens with zero attached hydrogens (tertiary/aromatic N) is 8. The number of amides is 3. The van der Waals surface area contributed by atoms with Gasteiger partial charge in [0.1, 0.15) is 110 Å². The van der Waals surface area contributed by atoms with Crippen molar-refractivity contribution in [2.75, 3.05) is 39.4 Å². The maximum Gasteiger partial charge on any atom is 0.251 e. The van der Waals surface area contributed by atoms with E-state index in [1.807, 2.05) is 13.8 Å². The normalized spacial score (nSPS) is 38.9. The maximum absolute atomic E-state index is 14.6. The molecule has 34 heteroatoms. The lowest BCUT2D eigenvalue weighted by Gasteiger charge is -2.48. The molecule has 0 unspecified atom stereocenters. The fourth-order valence-corrected chi connectivity index (χ4v) is 17.3. The van der Waals surface area contributed by atoms with Gasteiger partial charge in [0.25, 0.3) is 11.8 Å². The summed E-state index contributed by atoms with van der Waals surface area (Å²) in [7, 11) is 0. The van der Waals surface area contributed by atoms with E-state index in [9.17, 15) is 70.2 Å². The predicted octanol–water partition coefficient (Wildman–Crippen LogP) is -0.448. The Balaban J connectivity index is 0.717. The summed E-state index contributed by atoms with van der Waals surface area (Å²) in [4.78, 5) is 61.3. The lowest BCUT2D eigenvalue weighted by Crippen LogP contribution is -2.67. The molecule has 604 valence electrons. The van der Waals surface area contributed by atoms with Gasteiger partial charge in [-0.05, 0) is 88.9 Å². The van der Waals surface area contributed by atoms with Crippen LogP contribution in [0.4, 0.5) is 0 Å². The average Bonchev–Trinajstić information content (AvgIpc) is 1.12. The van der Waals surface area contributed by atoms with Gasteiger partial charge in [-0.25, -0.2) is 9.36 Å². The molecular formula is C73H117N9O25. The summed E-state index contributed by atoms with van der Waals surface area (Å²) in [6, 6.07) is -1.31. The number of hydrogen-bond donors (Lipinski definition) is 11. The summed E-state index contributed by atoms with van der Waals surface area (Å²) in [5.41, 5.74) is 0.650. The van der Waals surface area contributed by atoms with Crippen molar-refractivity contribution in [3.8, 4) is 0 Å². The Hall–Kier alpha value is -4.48. The van der Waals surface area contributed by atoms with Gasteiger partial charge in [0, 0.05) is 38.5 Å². The van der Waals surface area contributed by atoms with Crippen LogP contribution in [0, 0.1) is 29.6 Å². The molecule has 2 aromatic heterocycles. The minimum absolute atomic E-state index is 0.107. The van der Waals surface area contributed by atoms with E-state index in [0.717, 1.165) is 77.0 Å². The van der Waals surface area contributed by atoms with Crippen LogP contribution < -0.4 is 5.32 Å². The maximum atomic E-state index is 14.6. The van der Waals surface area contributed by atoms with E-state index in [1.54, 1.807) is 23.6 Å². The van der Waals surface area contributed by atoms with Crippen LogP contribution in [0.1, 0.15) is 174 Å². The molecule has 10 aliphatic rings. The Kier molecular flexibility index (Phi) is 29.0. The van der Waals surface area contributed by atoms with E-state index in [-0.39, 0.29) is 61.7 Å². The second-order valence-electron chi connectivity index (χ2n) is 32.0. The summed E-state index contributed by atoms with van der Waals surface area (Å²) in [6.45, 7) is 6.92. The lowest BCUT2D eigenvalue weighted by molar-refractivity contribution is -0.342. The fraction of sp³-hybridized carbons (Fsp3) is 0.890. The third-order valence-electron chi connectivity index (χ3n) is 24.0. The van der Waals surface area contributed by atoms with Crippen LogP contribution in [0.3, 0.4) is 0 Å². The zero-order chi connectivity index (χ0) is 75.7. The van der Waals surface area contributed by atoms with Gasteiger partial charge >= 0.3 is 0 Å². The van der Waals surface area contributed by atoms with Crippen molar-refractivity contribution in [3.63, 3.8) is 0 Å². The highest BCUT2D eigenvalue weighted by Gasteiger charge is 2.55. The zero-order valence-electron chi connectivity index (χ0n) is 62.1. The minimum Gasteiger partial charge on any atom is -0.394 e. The lowest BCUT2D eigenvalue weighted by atomic mass is 9.83. The Bertz CT molecular complexity index is 2940. The third-order valence-corrected chi connectivity index (χ3v) is 24.0. The number of rotatable bonds is 31. The number of likely N-dealkylation sites (tertiary alicyclic amines) is 2. The molecule has 4 saturated carbocycles. The first-order valence-electron chi connectivity index (χ1n) is 39.5. The number of Topliss-reactive ketones (excluding diaryl/α,β-unsaturated/α-hetero) is 1. The van der Waals surface area contributed by atoms with Crippen LogP contribution in [-0.2, 0) is 97.6 Å². The highest BCUT2D eigenvalue weighted by atomic mass is 16.7. The quantitative estimate of drug-likeness (QED) is 0.0455. The van der Waals surface area contributed by atoms with Crippen LogP contribution in [0.5, 0.6) is 0 Å². The molecule has 6 aliphatic heterocycles. The topological polar surface area (TPSA) is 452 Å². The fourth-order valence-electron chi connectivity index (χ4n) is 17.3. The van der Waals surface area contributed by atoms with Crippen LogP contribution in [0.2, 0.25) is 0 Å². The molecule has 0 aromatic carbocycles. The van der Waals surface area contributed by atoms with Crippen molar-refractivity contribution in [1.82, 2.24) is 45.1 Å². The molecule has 28 atom stereocenters. The first-order chi connectivity index (χ1) is 51.5. The van der Waals surface area contributed by atoms with Crippen molar-refractivity contribution < 1.29 is 122 Å². The van der Waals surface area contributed by atoms with Crippen molar-refractivity contribution in [2.24, 2.45) is 29.6 Å². The first kappa shape index (κ1) is 82.0. The molecule has 34 nitrogen and oxygen atoms in total. The van der Waals surface area contributed by atoms with Crippen LogP contribution >= 0.6 is 0 Å². The van der Waals surface area contributed by atoms with Crippen LogP contribution in [0.15, 0.2) is 12.4 Å². The number of aliphatic hydroxyl groups excluding tert-OH is 10. The number of nitrogens with one attached hydrogen (secondary N) is 1. The second kappa shape index (κ2) is 37.9. The highest BCUT2D eigenvalue weighted by molar-refractivity contribution is 5.82. The molecule has 0 spiro atoms. The van der Waals surface area contributed by atoms with Crippen molar-refractivity contribution in [3.05, 3.63) is 23.8 Å². The molecular weight excluding hydrogens is 1400 g/mol. The number of aliphatic hydroxyl groups is 10. The van der Waals surface area contributed by atoms with Crippen molar-refractivity contribution in [1.29, 1.82) is 0 Å². The molecule has 11 N–H and O–H groups in total. The monoisotopic (exact) mass is 1520 g/mol. The molecule has 12 rings (SSSR count). The standard InChI is InChI=1S/C73H117N9O25/c1-38-15-11-21-48(64(38)106-72-62(93)60(91)56(87)40(3)98-72)102-70-47(66(58(89)52(34-83)104-70)100-50(68(95)79-23-13-24-79)27-42-17-7-5-8-18-42)29-46(85)32-81-30-44(75-77-81)36-97-37-45-31-82(78-76-45)33-54(86)74-55-67(101-51(69(96)80-25-14-26-80)28-43-19-9-6-10-20-43)59(90)53(35-84)105-71(55)103-49-22-12-16-39(2)65(49)107-73-63(94)61(92)57(88)41(4)99-73/h30-31,38-43,47-53,55-67,70-73,83-84,87-94H,5-29,32-37H2,1-4H3,(H,74,86)/t38-,39-,40-,41-,47+,48+,49+,50-,51-,52+,53+,55+,56+,57+,58-,59-,60+,61+,62-,63-,64+,65+,66+,67+,70+,71+,72-,73-/m0/s1. The molecule has 2 aromatic rings. The molecule has 0 bridgehead atoms. The van der Waals surface area contributed by atoms with E-state index in [1.165, 1.54) is 21.8 Å². The summed E-state index contributed by atoms with van der Waals surface area (Å²) in [5.74, 6) is -2.58. The van der Waals surface area contributed by atoms with Crippen molar-refractivity contribution in [2.45, 2.75) is 342 Å². The Morgan fingerprint density at radius 1 is 0.486 bits per heavy atom. The molecule has 8 heterocycles. The summed E-state index contributed by atoms with van der Waals surface area (Å²) >= 11 is 0. The number of aromatic nitrogens is 6. The van der Waals surface area contributed by atoms with E-state index in [2.05, 4.69) is 25.9 Å². The first-order valence-corrected chi connectivity index (χ1v) is 39.5. The SMILES string of the molecule is C[C@@H]1O[C@@H](O[C@@H]2[C@@H](C)CCC[C@H]2O[C@@H]2O[C@H](CO)[C@H](O)[C@H](O[C@@H](CC3CCCCC3)C(=O)N3CCC3)[C@H]2CC(=O)Cn2cc(COCc3cn(CC(=O)N[C@H]4[C@H](O[C@@H]5CCC[C@H](C)[C@H]5O[C@@H]5O[C@@H](C)[C@@H](O)[C@@H](O)[C@@H]5O)O[C@H](CO)[C@H](O)[C@@H]4O[C@@H](CC4CCCCC4)C(=O)N4CCC4)nn3)nn2)[C@@H](O)[C@H](O)[C@@H]1O. The van der Waals surface area contributed by atoms with E-state index >= 15 is 0 Å². The Labute approximate surface area is 623 Å². The number of carbonyl (C=O) groups excluding carboxylic acids is 4. The van der Waals surface area contributed by atoms with Crippen LogP contribution in [-0.4, -0.2) is 307 Å². The van der Waals surface area contributed by atoms with E-state index < -0.39 is 191 Å². The predicted molar refractivity (Wildman–Crippen MR) is 369 cm³/mol. The summed E-state index contributed by atoms with van der Waals surface area (Å²) in [6.07, 6.45) is -11.0. The summed E-state index contributed by atoms with van der Waals surface area (Å²) in [5, 5.41) is 130. The highest BCUT2D eigenvalue weighted by Crippen LogP contribution is 2.42. The molecule has 10 fully saturated rings. The molecule has 6 saturated heterocycles. The zero-order valence-corrected chi connectivity index (χ0v) is 62.1. The largest absolute Gasteiger partial charge is 0.394 e. The average molecular weight is 1520 g/mol. The van der Waals surface area contributed by atoms with Crippen molar-refractivity contribution >= 4 is 23.5 Å². The Morgan fingerprint density at radius 3 is 1.40 bits per heavy atom. The third kappa shape index (κ3) is 20.1. The van der Waals surface area contributed by atoms with Gasteiger partial charge in [-0.3, -0.25) is 19.2 Å². The molecule has 4 aliphatic carbocycles. The van der Waals surface area contributed by atoms with Gasteiger partial charge in [0.15, 0.2) is 30.9 Å². The van der Waals surface area contributed by atoms with Crippen LogP contribution in [0.25, 0.3) is 0 Å². The number of hydrogen-bond acceptors (Lipinski definition) is 29. The van der Waals surface area contributed by atoms with Gasteiger partial charge in [0.05, 0.1) is 81.5 Å². The Morgan fingerprint density at radius 2 is 0.935 bits per heavy atom. The number of carbonyl (C=O) groups is 4. The van der Waals surface area contributed by atoms with Gasteiger partial charge in [0.2, 0.25) is 5.91 Å². The molecule has 0 radical (unpaired) electrons. The van der Waals surface area contributed by atoms with E-state index in [4.69, 9.17) is 52.1 Å². The van der Waals surface area contributed by atoms with Gasteiger partial charge in [-0.15, -0.1) is 10.2 Å².